The first kappa shape index (κ1) is 14.0. The molecule has 21 heavy (non-hydrogen) atoms. The van der Waals surface area contributed by atoms with Crippen molar-refractivity contribution in [1.29, 1.82) is 0 Å². The maximum absolute atomic E-state index is 6.06. The topological polar surface area (TPSA) is 27.1 Å². The summed E-state index contributed by atoms with van der Waals surface area (Å²) in [6, 6.07) is 14.4. The first-order valence-electron chi connectivity index (χ1n) is 6.86. The number of hydrogen-bond donors (Lipinski definition) is 0. The third-order valence-electron chi connectivity index (χ3n) is 3.58. The van der Waals surface area contributed by atoms with E-state index in [1.807, 2.05) is 18.2 Å². The highest BCUT2D eigenvalue weighted by Crippen LogP contribution is 2.23. The molecule has 0 spiro atoms. The van der Waals surface area contributed by atoms with Crippen molar-refractivity contribution in [2.24, 2.45) is 0 Å². The number of methoxy groups -OCH3 is 1. The van der Waals surface area contributed by atoms with Gasteiger partial charge < -0.3 is 9.30 Å². The summed E-state index contributed by atoms with van der Waals surface area (Å²) in [7, 11) is 1.66. The number of ether oxygens (including phenoxy) is 1. The van der Waals surface area contributed by atoms with Gasteiger partial charge in [0.1, 0.15) is 11.6 Å². The Morgan fingerprint density at radius 1 is 1.19 bits per heavy atom. The van der Waals surface area contributed by atoms with Crippen LogP contribution in [0.2, 0.25) is 0 Å². The number of nitrogens with zero attached hydrogens (tertiary/aromatic N) is 2. The Hall–Kier alpha value is -2.00. The Balaban J connectivity index is 2.08. The third-order valence-corrected chi connectivity index (χ3v) is 3.82. The molecule has 0 radical (unpaired) electrons. The van der Waals surface area contributed by atoms with Gasteiger partial charge in [-0.2, -0.15) is 0 Å². The van der Waals surface area contributed by atoms with Crippen LogP contribution < -0.4 is 4.74 Å². The average Bonchev–Trinajstić information content (AvgIpc) is 2.84. The van der Waals surface area contributed by atoms with E-state index in [1.165, 1.54) is 11.1 Å². The highest BCUT2D eigenvalue weighted by Gasteiger charge is 2.11. The molecule has 108 valence electrons. The van der Waals surface area contributed by atoms with E-state index in [-0.39, 0.29) is 0 Å². The molecular formula is C17H17ClN2O. The number of alkyl halides is 1. The predicted molar refractivity (Wildman–Crippen MR) is 86.1 cm³/mol. The van der Waals surface area contributed by atoms with Gasteiger partial charge in [-0.15, -0.1) is 11.6 Å². The SMILES string of the molecule is COc1ccc2c(c1)nc(CCl)n2Cc1cccc(C)c1. The largest absolute Gasteiger partial charge is 0.497 e. The normalized spacial score (nSPS) is 11.0. The van der Waals surface area contributed by atoms with Crippen LogP contribution in [0.1, 0.15) is 17.0 Å². The minimum absolute atomic E-state index is 0.392. The second-order valence-corrected chi connectivity index (χ2v) is 5.36. The van der Waals surface area contributed by atoms with Crippen LogP contribution in [0.5, 0.6) is 5.75 Å². The summed E-state index contributed by atoms with van der Waals surface area (Å²) in [5, 5.41) is 0. The zero-order chi connectivity index (χ0) is 14.8. The van der Waals surface area contributed by atoms with E-state index in [9.17, 15) is 0 Å². The molecule has 0 aliphatic heterocycles. The minimum atomic E-state index is 0.392. The number of aromatic nitrogens is 2. The first-order chi connectivity index (χ1) is 10.2. The van der Waals surface area contributed by atoms with Crippen molar-refractivity contribution in [3.8, 4) is 5.75 Å². The fraction of sp³-hybridized carbons (Fsp3) is 0.235. The van der Waals surface area contributed by atoms with Gasteiger partial charge in [0, 0.05) is 12.6 Å². The molecule has 0 bridgehead atoms. The molecule has 2 aromatic carbocycles. The quantitative estimate of drug-likeness (QED) is 0.677. The van der Waals surface area contributed by atoms with Gasteiger partial charge in [-0.3, -0.25) is 0 Å². The van der Waals surface area contributed by atoms with Crippen LogP contribution in [0, 0.1) is 6.92 Å². The molecule has 0 fully saturated rings. The maximum atomic E-state index is 6.06. The van der Waals surface area contributed by atoms with E-state index in [4.69, 9.17) is 16.3 Å². The number of benzene rings is 2. The van der Waals surface area contributed by atoms with Gasteiger partial charge in [-0.1, -0.05) is 29.8 Å². The number of fused-ring (bicyclic) bond motifs is 1. The molecule has 0 aliphatic carbocycles. The zero-order valence-corrected chi connectivity index (χ0v) is 12.9. The van der Waals surface area contributed by atoms with Crippen molar-refractivity contribution in [2.45, 2.75) is 19.3 Å². The number of halogens is 1. The molecule has 0 unspecified atom stereocenters. The molecular weight excluding hydrogens is 284 g/mol. The van der Waals surface area contributed by atoms with Crippen LogP contribution in [0.25, 0.3) is 11.0 Å². The lowest BCUT2D eigenvalue weighted by atomic mass is 10.1. The summed E-state index contributed by atoms with van der Waals surface area (Å²) in [6.07, 6.45) is 0. The van der Waals surface area contributed by atoms with Gasteiger partial charge in [0.05, 0.1) is 24.0 Å². The summed E-state index contributed by atoms with van der Waals surface area (Å²) in [5.41, 5.74) is 4.49. The standard InChI is InChI=1S/C17H17ClN2O/c1-12-4-3-5-13(8-12)11-20-16-7-6-14(21-2)9-15(16)19-17(20)10-18/h3-9H,10-11H2,1-2H3. The average molecular weight is 301 g/mol. The van der Waals surface area contributed by atoms with Crippen LogP contribution in [-0.2, 0) is 12.4 Å². The van der Waals surface area contributed by atoms with Gasteiger partial charge in [0.15, 0.2) is 0 Å². The Morgan fingerprint density at radius 2 is 2.05 bits per heavy atom. The highest BCUT2D eigenvalue weighted by molar-refractivity contribution is 6.16. The van der Waals surface area contributed by atoms with Crippen molar-refractivity contribution >= 4 is 22.6 Å². The molecule has 3 rings (SSSR count). The van der Waals surface area contributed by atoms with Gasteiger partial charge in [-0.25, -0.2) is 4.98 Å². The summed E-state index contributed by atoms with van der Waals surface area (Å²) < 4.78 is 7.42. The zero-order valence-electron chi connectivity index (χ0n) is 12.1. The number of imidazole rings is 1. The monoisotopic (exact) mass is 300 g/mol. The molecule has 0 N–H and O–H groups in total. The van der Waals surface area contributed by atoms with E-state index < -0.39 is 0 Å². The Labute approximate surface area is 129 Å². The lowest BCUT2D eigenvalue weighted by Crippen LogP contribution is -2.04. The summed E-state index contributed by atoms with van der Waals surface area (Å²) in [4.78, 5) is 4.61. The van der Waals surface area contributed by atoms with Crippen LogP contribution in [0.15, 0.2) is 42.5 Å². The van der Waals surface area contributed by atoms with Crippen molar-refractivity contribution < 1.29 is 4.74 Å². The van der Waals surface area contributed by atoms with Crippen molar-refractivity contribution in [3.63, 3.8) is 0 Å². The third kappa shape index (κ3) is 2.74. The van der Waals surface area contributed by atoms with Crippen LogP contribution in [-0.4, -0.2) is 16.7 Å². The molecule has 3 nitrogen and oxygen atoms in total. The smallest absolute Gasteiger partial charge is 0.125 e. The fourth-order valence-electron chi connectivity index (χ4n) is 2.56. The number of hydrogen-bond acceptors (Lipinski definition) is 2. The van der Waals surface area contributed by atoms with Crippen LogP contribution >= 0.6 is 11.6 Å². The Bertz CT molecular complexity index is 780. The van der Waals surface area contributed by atoms with E-state index in [2.05, 4.69) is 40.7 Å². The second-order valence-electron chi connectivity index (χ2n) is 5.09. The molecule has 0 aliphatic rings. The number of aryl methyl sites for hydroxylation is 1. The highest BCUT2D eigenvalue weighted by atomic mass is 35.5. The predicted octanol–water partition coefficient (Wildman–Crippen LogP) is 4.14. The molecule has 0 saturated heterocycles. The van der Waals surface area contributed by atoms with Gasteiger partial charge in [0.2, 0.25) is 0 Å². The van der Waals surface area contributed by atoms with Crippen molar-refractivity contribution in [1.82, 2.24) is 9.55 Å². The fourth-order valence-corrected chi connectivity index (χ4v) is 2.76. The maximum Gasteiger partial charge on any atom is 0.125 e. The van der Waals surface area contributed by atoms with E-state index in [0.717, 1.165) is 29.2 Å². The molecule has 4 heteroatoms. The van der Waals surface area contributed by atoms with E-state index >= 15 is 0 Å². The molecule has 3 aromatic rings. The van der Waals surface area contributed by atoms with Gasteiger partial charge in [-0.05, 0) is 24.6 Å². The summed E-state index contributed by atoms with van der Waals surface area (Å²) >= 11 is 6.06. The van der Waals surface area contributed by atoms with Crippen LogP contribution in [0.3, 0.4) is 0 Å². The van der Waals surface area contributed by atoms with Crippen molar-refractivity contribution in [3.05, 3.63) is 59.4 Å². The lowest BCUT2D eigenvalue weighted by molar-refractivity contribution is 0.415. The van der Waals surface area contributed by atoms with Crippen molar-refractivity contribution in [2.75, 3.05) is 7.11 Å². The molecule has 1 heterocycles. The number of rotatable bonds is 4. The molecule has 0 atom stereocenters. The second kappa shape index (κ2) is 5.78. The molecule has 0 amide bonds. The Kier molecular flexibility index (Phi) is 3.84. The summed E-state index contributed by atoms with van der Waals surface area (Å²) in [6.45, 7) is 2.87. The van der Waals surface area contributed by atoms with Crippen LogP contribution in [0.4, 0.5) is 0 Å². The Morgan fingerprint density at radius 3 is 2.76 bits per heavy atom. The van der Waals surface area contributed by atoms with Gasteiger partial charge >= 0.3 is 0 Å². The van der Waals surface area contributed by atoms with E-state index in [0.29, 0.717) is 5.88 Å². The minimum Gasteiger partial charge on any atom is -0.497 e. The van der Waals surface area contributed by atoms with E-state index in [1.54, 1.807) is 7.11 Å². The van der Waals surface area contributed by atoms with Gasteiger partial charge in [0.25, 0.3) is 0 Å². The summed E-state index contributed by atoms with van der Waals surface area (Å²) in [5.74, 6) is 2.08. The lowest BCUT2D eigenvalue weighted by Gasteiger charge is -2.09. The molecule has 0 saturated carbocycles. The molecule has 1 aromatic heterocycles. The first-order valence-corrected chi connectivity index (χ1v) is 7.39.